The fourth-order valence-corrected chi connectivity index (χ4v) is 4.91. The first kappa shape index (κ1) is 21.5. The van der Waals surface area contributed by atoms with Crippen molar-refractivity contribution in [2.75, 3.05) is 11.1 Å². The fourth-order valence-electron chi connectivity index (χ4n) is 4.06. The lowest BCUT2D eigenvalue weighted by Gasteiger charge is -2.24. The van der Waals surface area contributed by atoms with Crippen LogP contribution in [0.4, 0.5) is 5.82 Å². The number of thioether (sulfide) groups is 1. The summed E-state index contributed by atoms with van der Waals surface area (Å²) in [5.41, 5.74) is 2.47. The predicted molar refractivity (Wildman–Crippen MR) is 120 cm³/mol. The standard InChI is InChI=1S/C21H28N8OS/c1-13-10-14(2)23-20(22-13)29-18(11-15(3)27-29)24-19(30)12-31-21-26-25-16(4)28(21)17-8-6-5-7-9-17/h10-11,17H,5-9,12H2,1-4H3,(H,24,30). The smallest absolute Gasteiger partial charge is 0.252 e. The third-order valence-corrected chi connectivity index (χ3v) is 6.31. The van der Waals surface area contributed by atoms with Crippen LogP contribution >= 0.6 is 11.8 Å². The Hall–Kier alpha value is -2.75. The summed E-state index contributed by atoms with van der Waals surface area (Å²) in [6.45, 7) is 7.68. The van der Waals surface area contributed by atoms with Crippen LogP contribution in [-0.4, -0.2) is 46.2 Å². The van der Waals surface area contributed by atoms with Gasteiger partial charge >= 0.3 is 0 Å². The molecule has 31 heavy (non-hydrogen) atoms. The summed E-state index contributed by atoms with van der Waals surface area (Å²) in [6, 6.07) is 4.15. The average molecular weight is 441 g/mol. The van der Waals surface area contributed by atoms with Gasteiger partial charge in [-0.3, -0.25) is 4.79 Å². The molecule has 0 atom stereocenters. The monoisotopic (exact) mass is 440 g/mol. The summed E-state index contributed by atoms with van der Waals surface area (Å²) < 4.78 is 3.78. The highest BCUT2D eigenvalue weighted by atomic mass is 32.2. The van der Waals surface area contributed by atoms with Crippen molar-refractivity contribution < 1.29 is 4.79 Å². The Morgan fingerprint density at radius 2 is 1.74 bits per heavy atom. The second-order valence-electron chi connectivity index (χ2n) is 8.06. The van der Waals surface area contributed by atoms with E-state index in [9.17, 15) is 4.79 Å². The zero-order chi connectivity index (χ0) is 22.0. The van der Waals surface area contributed by atoms with Crippen molar-refractivity contribution in [2.24, 2.45) is 0 Å². The summed E-state index contributed by atoms with van der Waals surface area (Å²) in [7, 11) is 0. The molecule has 0 saturated heterocycles. The quantitative estimate of drug-likeness (QED) is 0.583. The molecule has 1 N–H and O–H groups in total. The van der Waals surface area contributed by atoms with Gasteiger partial charge in [0, 0.05) is 23.5 Å². The SMILES string of the molecule is Cc1cc(C)nc(-n2nc(C)cc2NC(=O)CSc2nnc(C)n2C2CCCCC2)n1. The number of aromatic nitrogens is 7. The summed E-state index contributed by atoms with van der Waals surface area (Å²) in [5, 5.41) is 16.8. The molecule has 10 heteroatoms. The molecule has 1 aliphatic carbocycles. The molecule has 4 rings (SSSR count). The maximum atomic E-state index is 12.7. The number of carbonyl (C=O) groups excluding carboxylic acids is 1. The third kappa shape index (κ3) is 4.95. The Balaban J connectivity index is 1.46. The minimum Gasteiger partial charge on any atom is -0.310 e. The van der Waals surface area contributed by atoms with E-state index < -0.39 is 0 Å². The molecule has 3 aromatic heterocycles. The first-order valence-corrected chi connectivity index (χ1v) is 11.6. The van der Waals surface area contributed by atoms with Gasteiger partial charge in [-0.15, -0.1) is 10.2 Å². The van der Waals surface area contributed by atoms with E-state index in [0.717, 1.165) is 40.9 Å². The maximum Gasteiger partial charge on any atom is 0.252 e. The van der Waals surface area contributed by atoms with Crippen LogP contribution < -0.4 is 5.32 Å². The lowest BCUT2D eigenvalue weighted by atomic mass is 9.95. The number of carbonyl (C=O) groups is 1. The molecule has 164 valence electrons. The zero-order valence-corrected chi connectivity index (χ0v) is 19.2. The molecule has 1 saturated carbocycles. The largest absolute Gasteiger partial charge is 0.310 e. The molecule has 3 aromatic rings. The van der Waals surface area contributed by atoms with Crippen molar-refractivity contribution in [3.8, 4) is 5.95 Å². The molecular formula is C21H28N8OS. The highest BCUT2D eigenvalue weighted by Gasteiger charge is 2.22. The van der Waals surface area contributed by atoms with Crippen molar-refractivity contribution in [1.82, 2.24) is 34.5 Å². The van der Waals surface area contributed by atoms with Crippen molar-refractivity contribution >= 4 is 23.5 Å². The topological polar surface area (TPSA) is 103 Å². The lowest BCUT2D eigenvalue weighted by molar-refractivity contribution is -0.113. The van der Waals surface area contributed by atoms with Gasteiger partial charge in [0.2, 0.25) is 5.91 Å². The molecule has 1 amide bonds. The van der Waals surface area contributed by atoms with Crippen molar-refractivity contribution in [3.05, 3.63) is 35.0 Å². The number of nitrogens with one attached hydrogen (secondary N) is 1. The molecule has 0 aliphatic heterocycles. The molecule has 0 bridgehead atoms. The van der Waals surface area contributed by atoms with Crippen LogP contribution in [0.2, 0.25) is 0 Å². The second-order valence-corrected chi connectivity index (χ2v) is 9.00. The predicted octanol–water partition coefficient (Wildman–Crippen LogP) is 3.72. The van der Waals surface area contributed by atoms with Crippen molar-refractivity contribution in [3.63, 3.8) is 0 Å². The number of nitrogens with zero attached hydrogens (tertiary/aromatic N) is 7. The van der Waals surface area contributed by atoms with E-state index in [2.05, 4.69) is 35.1 Å². The Kier molecular flexibility index (Phi) is 6.35. The van der Waals surface area contributed by atoms with Gasteiger partial charge in [0.15, 0.2) is 5.16 Å². The van der Waals surface area contributed by atoms with Gasteiger partial charge in [0.05, 0.1) is 11.4 Å². The van der Waals surface area contributed by atoms with E-state index in [0.29, 0.717) is 17.8 Å². The number of anilines is 1. The van der Waals surface area contributed by atoms with Crippen LogP contribution in [-0.2, 0) is 4.79 Å². The number of amides is 1. The molecule has 9 nitrogen and oxygen atoms in total. The average Bonchev–Trinajstić information content (AvgIpc) is 3.28. The Morgan fingerprint density at radius 3 is 2.45 bits per heavy atom. The van der Waals surface area contributed by atoms with Gasteiger partial charge in [-0.2, -0.15) is 9.78 Å². The summed E-state index contributed by atoms with van der Waals surface area (Å²) in [4.78, 5) is 21.6. The first-order chi connectivity index (χ1) is 14.9. The Labute approximate surface area is 186 Å². The van der Waals surface area contributed by atoms with Crippen molar-refractivity contribution in [1.29, 1.82) is 0 Å². The highest BCUT2D eigenvalue weighted by molar-refractivity contribution is 7.99. The van der Waals surface area contributed by atoms with E-state index in [1.54, 1.807) is 4.68 Å². The van der Waals surface area contributed by atoms with Crippen LogP contribution in [0.3, 0.4) is 0 Å². The summed E-state index contributed by atoms with van der Waals surface area (Å²) in [6.07, 6.45) is 6.05. The number of rotatable bonds is 6. The number of hydrogen-bond acceptors (Lipinski definition) is 7. The lowest BCUT2D eigenvalue weighted by Crippen LogP contribution is -2.19. The second kappa shape index (κ2) is 9.17. The van der Waals surface area contributed by atoms with Gasteiger partial charge in [-0.1, -0.05) is 31.0 Å². The van der Waals surface area contributed by atoms with E-state index in [1.165, 1.54) is 31.0 Å². The molecule has 0 radical (unpaired) electrons. The summed E-state index contributed by atoms with van der Waals surface area (Å²) in [5.74, 6) is 2.02. The number of hydrogen-bond donors (Lipinski definition) is 1. The van der Waals surface area contributed by atoms with Crippen LogP contribution in [0.5, 0.6) is 0 Å². The third-order valence-electron chi connectivity index (χ3n) is 5.37. The minimum absolute atomic E-state index is 0.133. The van der Waals surface area contributed by atoms with Gasteiger partial charge in [0.25, 0.3) is 5.95 Å². The Morgan fingerprint density at radius 1 is 1.03 bits per heavy atom. The van der Waals surface area contributed by atoms with E-state index in [1.807, 2.05) is 39.8 Å². The van der Waals surface area contributed by atoms with Gasteiger partial charge in [-0.05, 0) is 46.6 Å². The number of aryl methyl sites for hydroxylation is 4. The van der Waals surface area contributed by atoms with Gasteiger partial charge in [-0.25, -0.2) is 9.97 Å². The molecule has 0 unspecified atom stereocenters. The van der Waals surface area contributed by atoms with Crippen LogP contribution in [0.1, 0.15) is 61.1 Å². The van der Waals surface area contributed by atoms with Gasteiger partial charge in [0.1, 0.15) is 11.6 Å². The molecule has 3 heterocycles. The molecule has 1 aliphatic rings. The molecule has 1 fully saturated rings. The van der Waals surface area contributed by atoms with E-state index in [4.69, 9.17) is 0 Å². The minimum atomic E-state index is -0.133. The normalized spacial score (nSPS) is 14.7. The molecule has 0 spiro atoms. The van der Waals surface area contributed by atoms with Crippen LogP contribution in [0.15, 0.2) is 17.3 Å². The Bertz CT molecular complexity index is 1060. The first-order valence-electron chi connectivity index (χ1n) is 10.6. The zero-order valence-electron chi connectivity index (χ0n) is 18.4. The molecule has 0 aromatic carbocycles. The van der Waals surface area contributed by atoms with Crippen molar-refractivity contribution in [2.45, 2.75) is 71.0 Å². The van der Waals surface area contributed by atoms with E-state index in [-0.39, 0.29) is 11.7 Å². The highest BCUT2D eigenvalue weighted by Crippen LogP contribution is 2.32. The maximum absolute atomic E-state index is 12.7. The van der Waals surface area contributed by atoms with Gasteiger partial charge < -0.3 is 9.88 Å². The molecular weight excluding hydrogens is 412 g/mol. The van der Waals surface area contributed by atoms with Crippen LogP contribution in [0, 0.1) is 27.7 Å². The van der Waals surface area contributed by atoms with E-state index >= 15 is 0 Å². The fraction of sp³-hybridized carbons (Fsp3) is 0.524. The summed E-state index contributed by atoms with van der Waals surface area (Å²) >= 11 is 1.42. The van der Waals surface area contributed by atoms with Crippen LogP contribution in [0.25, 0.3) is 5.95 Å².